The van der Waals surface area contributed by atoms with E-state index in [9.17, 15) is 4.79 Å². The van der Waals surface area contributed by atoms with Crippen LogP contribution >= 0.6 is 11.3 Å². The minimum atomic E-state index is -0.727. The van der Waals surface area contributed by atoms with Gasteiger partial charge in [0.2, 0.25) is 5.91 Å². The van der Waals surface area contributed by atoms with E-state index in [1.165, 1.54) is 9.75 Å². The first-order valence-electron chi connectivity index (χ1n) is 6.28. The molecule has 1 aromatic rings. The molecule has 1 fully saturated rings. The first-order chi connectivity index (χ1) is 8.49. The molecule has 0 spiro atoms. The zero-order valence-corrected chi connectivity index (χ0v) is 11.8. The second kappa shape index (κ2) is 4.74. The summed E-state index contributed by atoms with van der Waals surface area (Å²) in [6.07, 6.45) is 1.54. The van der Waals surface area contributed by atoms with Crippen molar-refractivity contribution in [3.05, 3.63) is 21.9 Å². The Morgan fingerprint density at radius 3 is 2.89 bits per heavy atom. The lowest BCUT2D eigenvalue weighted by molar-refractivity contribution is -0.123. The van der Waals surface area contributed by atoms with Gasteiger partial charge in [-0.25, -0.2) is 0 Å². The smallest absolute Gasteiger partial charge is 0.225 e. The molecule has 1 amide bonds. The lowest BCUT2D eigenvalue weighted by atomic mass is 10.0. The van der Waals surface area contributed by atoms with E-state index in [2.05, 4.69) is 30.4 Å². The van der Waals surface area contributed by atoms with Gasteiger partial charge in [0, 0.05) is 21.6 Å². The van der Waals surface area contributed by atoms with Gasteiger partial charge >= 0.3 is 0 Å². The van der Waals surface area contributed by atoms with E-state index in [4.69, 9.17) is 5.26 Å². The van der Waals surface area contributed by atoms with Gasteiger partial charge in [-0.1, -0.05) is 6.92 Å². The van der Waals surface area contributed by atoms with Crippen molar-refractivity contribution in [2.75, 3.05) is 0 Å². The molecule has 1 aliphatic carbocycles. The zero-order chi connectivity index (χ0) is 13.3. The van der Waals surface area contributed by atoms with Crippen LogP contribution in [0.1, 0.15) is 42.4 Å². The molecule has 1 aliphatic rings. The standard InChI is InChI=1S/C14H18N2OS/c1-4-14(3,8-15)16-13(17)11-7-10(11)12-6-5-9(2)18-12/h5-6,10-11H,4,7H2,1-3H3,(H,16,17)/t10-,11+,14+/m0/s1. The fourth-order valence-corrected chi connectivity index (χ4v) is 3.07. The molecule has 1 aromatic heterocycles. The summed E-state index contributed by atoms with van der Waals surface area (Å²) in [5, 5.41) is 11.9. The van der Waals surface area contributed by atoms with Gasteiger partial charge in [0.05, 0.1) is 6.07 Å². The summed E-state index contributed by atoms with van der Waals surface area (Å²) < 4.78 is 0. The highest BCUT2D eigenvalue weighted by Gasteiger charge is 2.46. The molecule has 0 unspecified atom stereocenters. The number of carbonyl (C=O) groups is 1. The Kier molecular flexibility index (Phi) is 3.45. The number of nitrogens with one attached hydrogen (secondary N) is 1. The first-order valence-corrected chi connectivity index (χ1v) is 7.10. The lowest BCUT2D eigenvalue weighted by Crippen LogP contribution is -2.45. The third-order valence-corrected chi connectivity index (χ3v) is 4.74. The van der Waals surface area contributed by atoms with E-state index >= 15 is 0 Å². The Morgan fingerprint density at radius 1 is 1.67 bits per heavy atom. The van der Waals surface area contributed by atoms with Crippen molar-refractivity contribution >= 4 is 17.2 Å². The number of hydrogen-bond acceptors (Lipinski definition) is 3. The normalized spacial score (nSPS) is 25.0. The van der Waals surface area contributed by atoms with Crippen LogP contribution in [-0.2, 0) is 4.79 Å². The Hall–Kier alpha value is -1.34. The highest BCUT2D eigenvalue weighted by Crippen LogP contribution is 2.49. The summed E-state index contributed by atoms with van der Waals surface area (Å²) >= 11 is 1.76. The topological polar surface area (TPSA) is 52.9 Å². The summed E-state index contributed by atoms with van der Waals surface area (Å²) in [5.41, 5.74) is -0.727. The van der Waals surface area contributed by atoms with Gasteiger partial charge in [0.1, 0.15) is 5.54 Å². The summed E-state index contributed by atoms with van der Waals surface area (Å²) in [5.74, 6) is 0.447. The molecule has 1 heterocycles. The molecule has 0 saturated heterocycles. The van der Waals surface area contributed by atoms with E-state index in [0.717, 1.165) is 6.42 Å². The molecule has 0 radical (unpaired) electrons. The van der Waals surface area contributed by atoms with E-state index in [1.54, 1.807) is 18.3 Å². The van der Waals surface area contributed by atoms with Crippen LogP contribution in [0, 0.1) is 24.2 Å². The molecule has 2 rings (SSSR count). The summed E-state index contributed by atoms with van der Waals surface area (Å²) in [6.45, 7) is 5.77. The van der Waals surface area contributed by atoms with Gasteiger partial charge in [0.15, 0.2) is 0 Å². The fourth-order valence-electron chi connectivity index (χ4n) is 2.01. The van der Waals surface area contributed by atoms with Gasteiger partial charge in [-0.2, -0.15) is 5.26 Å². The van der Waals surface area contributed by atoms with Crippen LogP contribution < -0.4 is 5.32 Å². The van der Waals surface area contributed by atoms with E-state index in [-0.39, 0.29) is 11.8 Å². The number of thiophene rings is 1. The third kappa shape index (κ3) is 2.56. The van der Waals surface area contributed by atoms with Crippen LogP contribution in [0.4, 0.5) is 0 Å². The third-order valence-electron chi connectivity index (χ3n) is 3.61. The summed E-state index contributed by atoms with van der Waals surface area (Å²) in [7, 11) is 0. The maximum atomic E-state index is 12.1. The average molecular weight is 262 g/mol. The van der Waals surface area contributed by atoms with Crippen LogP contribution in [0.3, 0.4) is 0 Å². The van der Waals surface area contributed by atoms with E-state index in [1.807, 2.05) is 6.92 Å². The first kappa shape index (κ1) is 13.1. The quantitative estimate of drug-likeness (QED) is 0.907. The monoisotopic (exact) mass is 262 g/mol. The van der Waals surface area contributed by atoms with Gasteiger partial charge < -0.3 is 5.32 Å². The Labute approximate surface area is 112 Å². The molecule has 1 saturated carbocycles. The summed E-state index contributed by atoms with van der Waals surface area (Å²) in [4.78, 5) is 14.6. The van der Waals surface area contributed by atoms with Gasteiger partial charge in [-0.15, -0.1) is 11.3 Å². The molecule has 96 valence electrons. The Bertz CT molecular complexity index is 502. The minimum Gasteiger partial charge on any atom is -0.338 e. The van der Waals surface area contributed by atoms with Crippen molar-refractivity contribution in [1.29, 1.82) is 5.26 Å². The second-order valence-corrected chi connectivity index (χ2v) is 6.50. The molecule has 0 bridgehead atoms. The van der Waals surface area contributed by atoms with Gasteiger partial charge in [-0.3, -0.25) is 4.79 Å². The maximum absolute atomic E-state index is 12.1. The second-order valence-electron chi connectivity index (χ2n) is 5.18. The van der Waals surface area contributed by atoms with Crippen LogP contribution in [0.15, 0.2) is 12.1 Å². The minimum absolute atomic E-state index is 0.0250. The van der Waals surface area contributed by atoms with Crippen molar-refractivity contribution < 1.29 is 4.79 Å². The molecule has 4 heteroatoms. The number of nitriles is 1. The molecule has 0 aliphatic heterocycles. The van der Waals surface area contributed by atoms with Crippen LogP contribution in [0.2, 0.25) is 0 Å². The Balaban J connectivity index is 1.96. The predicted octanol–water partition coefficient (Wildman–Crippen LogP) is 2.97. The molecule has 3 atom stereocenters. The number of carbonyl (C=O) groups excluding carboxylic acids is 1. The highest BCUT2D eigenvalue weighted by molar-refractivity contribution is 7.12. The zero-order valence-electron chi connectivity index (χ0n) is 11.0. The van der Waals surface area contributed by atoms with Crippen molar-refractivity contribution in [1.82, 2.24) is 5.32 Å². The van der Waals surface area contributed by atoms with Crippen molar-refractivity contribution in [2.24, 2.45) is 5.92 Å². The molecule has 18 heavy (non-hydrogen) atoms. The fraction of sp³-hybridized carbons (Fsp3) is 0.571. The van der Waals surface area contributed by atoms with E-state index in [0.29, 0.717) is 12.3 Å². The molecule has 0 aromatic carbocycles. The van der Waals surface area contributed by atoms with E-state index < -0.39 is 5.54 Å². The summed E-state index contributed by atoms with van der Waals surface area (Å²) in [6, 6.07) is 6.38. The van der Waals surface area contributed by atoms with Crippen molar-refractivity contribution in [3.8, 4) is 6.07 Å². The number of nitrogens with zero attached hydrogens (tertiary/aromatic N) is 1. The number of hydrogen-bond donors (Lipinski definition) is 1. The number of aryl methyl sites for hydroxylation is 1. The molecule has 1 N–H and O–H groups in total. The molecular weight excluding hydrogens is 244 g/mol. The van der Waals surface area contributed by atoms with Gasteiger partial charge in [0.25, 0.3) is 0 Å². The van der Waals surface area contributed by atoms with Crippen molar-refractivity contribution in [3.63, 3.8) is 0 Å². The largest absolute Gasteiger partial charge is 0.338 e. The van der Waals surface area contributed by atoms with Crippen LogP contribution in [0.5, 0.6) is 0 Å². The number of rotatable bonds is 4. The predicted molar refractivity (Wildman–Crippen MR) is 72.4 cm³/mol. The Morgan fingerprint density at radius 2 is 2.39 bits per heavy atom. The average Bonchev–Trinajstić information content (AvgIpc) is 3.05. The maximum Gasteiger partial charge on any atom is 0.225 e. The number of amides is 1. The highest BCUT2D eigenvalue weighted by atomic mass is 32.1. The van der Waals surface area contributed by atoms with Crippen LogP contribution in [-0.4, -0.2) is 11.4 Å². The molecule has 3 nitrogen and oxygen atoms in total. The van der Waals surface area contributed by atoms with Crippen molar-refractivity contribution in [2.45, 2.75) is 45.1 Å². The van der Waals surface area contributed by atoms with Gasteiger partial charge in [-0.05, 0) is 38.8 Å². The van der Waals surface area contributed by atoms with Crippen LogP contribution in [0.25, 0.3) is 0 Å². The SMILES string of the molecule is CC[C@](C)(C#N)NC(=O)[C@@H]1C[C@@H]1c1ccc(C)s1. The lowest BCUT2D eigenvalue weighted by Gasteiger charge is -2.21. The molecular formula is C14H18N2OS.